The van der Waals surface area contributed by atoms with Gasteiger partial charge in [0.15, 0.2) is 0 Å². The average molecular weight is 240 g/mol. The van der Waals surface area contributed by atoms with Gasteiger partial charge >= 0.3 is 0 Å². The van der Waals surface area contributed by atoms with Crippen molar-refractivity contribution in [2.45, 2.75) is 34.6 Å². The van der Waals surface area contributed by atoms with Gasteiger partial charge in [0.1, 0.15) is 5.75 Å². The fraction of sp³-hybridized carbons (Fsp3) is 0.294. The van der Waals surface area contributed by atoms with Crippen LogP contribution < -0.4 is 0 Å². The second-order valence-corrected chi connectivity index (χ2v) is 5.02. The number of phenols is 1. The molecule has 0 radical (unpaired) electrons. The molecule has 0 aliphatic heterocycles. The maximum Gasteiger partial charge on any atom is 0.123 e. The monoisotopic (exact) mass is 240 g/mol. The number of aromatic hydroxyl groups is 1. The molecule has 0 saturated heterocycles. The number of hydrogen-bond acceptors (Lipinski definition) is 1. The van der Waals surface area contributed by atoms with Gasteiger partial charge in [-0.2, -0.15) is 0 Å². The van der Waals surface area contributed by atoms with E-state index in [2.05, 4.69) is 34.6 Å². The van der Waals surface area contributed by atoms with Crippen LogP contribution in [-0.2, 0) is 0 Å². The summed E-state index contributed by atoms with van der Waals surface area (Å²) in [5.41, 5.74) is 8.61. The summed E-state index contributed by atoms with van der Waals surface area (Å²) in [4.78, 5) is 0. The van der Waals surface area contributed by atoms with E-state index in [-0.39, 0.29) is 0 Å². The van der Waals surface area contributed by atoms with Gasteiger partial charge in [-0.1, -0.05) is 18.2 Å². The summed E-state index contributed by atoms with van der Waals surface area (Å²) in [6.45, 7) is 10.7. The highest BCUT2D eigenvalue weighted by Crippen LogP contribution is 2.37. The lowest BCUT2D eigenvalue weighted by atomic mass is 9.86. The van der Waals surface area contributed by atoms with Crippen molar-refractivity contribution < 1.29 is 5.11 Å². The molecule has 2 rings (SSSR count). The zero-order valence-corrected chi connectivity index (χ0v) is 11.8. The minimum Gasteiger partial charge on any atom is -0.507 e. The first-order valence-electron chi connectivity index (χ1n) is 6.30. The van der Waals surface area contributed by atoms with E-state index < -0.39 is 0 Å². The van der Waals surface area contributed by atoms with E-state index in [1.165, 1.54) is 33.4 Å². The largest absolute Gasteiger partial charge is 0.507 e. The first kappa shape index (κ1) is 12.7. The summed E-state index contributed by atoms with van der Waals surface area (Å²) in [5.74, 6) is 0.353. The lowest BCUT2D eigenvalue weighted by molar-refractivity contribution is 0.477. The van der Waals surface area contributed by atoms with Crippen LogP contribution in [0.2, 0.25) is 0 Å². The van der Waals surface area contributed by atoms with Crippen LogP contribution in [0.5, 0.6) is 5.75 Å². The molecule has 1 nitrogen and oxygen atoms in total. The molecule has 0 aliphatic rings. The molecule has 0 saturated carbocycles. The molecule has 1 heteroatoms. The van der Waals surface area contributed by atoms with E-state index in [0.717, 1.165) is 5.56 Å². The van der Waals surface area contributed by atoms with Gasteiger partial charge in [0.25, 0.3) is 0 Å². The van der Waals surface area contributed by atoms with Gasteiger partial charge in [-0.3, -0.25) is 0 Å². The van der Waals surface area contributed by atoms with Crippen molar-refractivity contribution in [1.82, 2.24) is 0 Å². The minimum absolute atomic E-state index is 0.353. The number of rotatable bonds is 1. The smallest absolute Gasteiger partial charge is 0.123 e. The maximum absolute atomic E-state index is 10.1. The Balaban J connectivity index is 2.85. The van der Waals surface area contributed by atoms with E-state index >= 15 is 0 Å². The van der Waals surface area contributed by atoms with E-state index in [9.17, 15) is 5.11 Å². The van der Waals surface area contributed by atoms with Crippen molar-refractivity contribution in [3.05, 3.63) is 52.1 Å². The third-order valence-electron chi connectivity index (χ3n) is 4.17. The van der Waals surface area contributed by atoms with Crippen LogP contribution in [-0.4, -0.2) is 5.11 Å². The molecule has 0 atom stereocenters. The van der Waals surface area contributed by atoms with Crippen molar-refractivity contribution in [2.24, 2.45) is 0 Å². The predicted molar refractivity (Wildman–Crippen MR) is 77.2 cm³/mol. The van der Waals surface area contributed by atoms with Gasteiger partial charge in [-0.15, -0.1) is 0 Å². The molecule has 0 bridgehead atoms. The average Bonchev–Trinajstić information content (AvgIpc) is 2.36. The van der Waals surface area contributed by atoms with Crippen molar-refractivity contribution in [2.75, 3.05) is 0 Å². The summed E-state index contributed by atoms with van der Waals surface area (Å²) in [6, 6.07) is 7.56. The maximum atomic E-state index is 10.1. The Morgan fingerprint density at radius 3 is 1.61 bits per heavy atom. The summed E-state index contributed by atoms with van der Waals surface area (Å²) in [5, 5.41) is 10.1. The van der Waals surface area contributed by atoms with Crippen molar-refractivity contribution >= 4 is 0 Å². The normalized spacial score (nSPS) is 10.7. The highest BCUT2D eigenvalue weighted by molar-refractivity contribution is 5.78. The Morgan fingerprint density at radius 1 is 0.667 bits per heavy atom. The second kappa shape index (κ2) is 4.49. The molecule has 0 fully saturated rings. The lowest BCUT2D eigenvalue weighted by Gasteiger charge is -2.19. The SMILES string of the molecule is Cc1c(C)c(C)c(-c2ccccc2O)c(C)c1C. The summed E-state index contributed by atoms with van der Waals surface area (Å²) in [7, 11) is 0. The van der Waals surface area contributed by atoms with Crippen LogP contribution in [0.3, 0.4) is 0 Å². The minimum atomic E-state index is 0.353. The van der Waals surface area contributed by atoms with Gasteiger partial charge < -0.3 is 5.11 Å². The summed E-state index contributed by atoms with van der Waals surface area (Å²) >= 11 is 0. The van der Waals surface area contributed by atoms with Crippen LogP contribution in [0.15, 0.2) is 24.3 Å². The van der Waals surface area contributed by atoms with Crippen molar-refractivity contribution in [1.29, 1.82) is 0 Å². The lowest BCUT2D eigenvalue weighted by Crippen LogP contribution is -1.99. The van der Waals surface area contributed by atoms with Crippen molar-refractivity contribution in [3.8, 4) is 16.9 Å². The molecule has 0 heterocycles. The van der Waals surface area contributed by atoms with Crippen LogP contribution in [0.4, 0.5) is 0 Å². The number of para-hydroxylation sites is 1. The van der Waals surface area contributed by atoms with E-state index in [1.807, 2.05) is 18.2 Å². The Hall–Kier alpha value is -1.76. The van der Waals surface area contributed by atoms with E-state index in [4.69, 9.17) is 0 Å². The molecule has 0 unspecified atom stereocenters. The van der Waals surface area contributed by atoms with Gasteiger partial charge in [0.05, 0.1) is 0 Å². The number of phenolic OH excluding ortho intramolecular Hbond substituents is 1. The van der Waals surface area contributed by atoms with E-state index in [0.29, 0.717) is 5.75 Å². The van der Waals surface area contributed by atoms with Gasteiger partial charge in [-0.05, 0) is 74.1 Å². The zero-order chi connectivity index (χ0) is 13.4. The molecule has 0 spiro atoms. The molecule has 2 aromatic rings. The van der Waals surface area contributed by atoms with Gasteiger partial charge in [0, 0.05) is 5.56 Å². The van der Waals surface area contributed by atoms with Crippen LogP contribution >= 0.6 is 0 Å². The third kappa shape index (κ3) is 1.80. The molecular formula is C17H20O. The predicted octanol–water partition coefficient (Wildman–Crippen LogP) is 4.60. The fourth-order valence-corrected chi connectivity index (χ4v) is 2.59. The Labute approximate surface area is 109 Å². The first-order chi connectivity index (χ1) is 8.45. The zero-order valence-electron chi connectivity index (χ0n) is 11.8. The number of hydrogen-bond donors (Lipinski definition) is 1. The summed E-state index contributed by atoms with van der Waals surface area (Å²) < 4.78 is 0. The van der Waals surface area contributed by atoms with Crippen LogP contribution in [0.1, 0.15) is 27.8 Å². The van der Waals surface area contributed by atoms with E-state index in [1.54, 1.807) is 6.07 Å². The molecule has 1 N–H and O–H groups in total. The van der Waals surface area contributed by atoms with Gasteiger partial charge in [-0.25, -0.2) is 0 Å². The van der Waals surface area contributed by atoms with Crippen LogP contribution in [0.25, 0.3) is 11.1 Å². The third-order valence-corrected chi connectivity index (χ3v) is 4.17. The standard InChI is InChI=1S/C17H20O/c1-10-11(2)13(4)17(14(5)12(10)3)15-8-6-7-9-16(15)18/h6-9,18H,1-5H3. The quantitative estimate of drug-likeness (QED) is 0.772. The fourth-order valence-electron chi connectivity index (χ4n) is 2.59. The topological polar surface area (TPSA) is 20.2 Å². The first-order valence-corrected chi connectivity index (χ1v) is 6.30. The van der Waals surface area contributed by atoms with Crippen LogP contribution in [0, 0.1) is 34.6 Å². The highest BCUT2D eigenvalue weighted by atomic mass is 16.3. The van der Waals surface area contributed by atoms with Crippen molar-refractivity contribution in [3.63, 3.8) is 0 Å². The second-order valence-electron chi connectivity index (χ2n) is 5.02. The summed E-state index contributed by atoms with van der Waals surface area (Å²) in [6.07, 6.45) is 0. The highest BCUT2D eigenvalue weighted by Gasteiger charge is 2.15. The Kier molecular flexibility index (Phi) is 3.16. The Bertz CT molecular complexity index is 580. The molecule has 18 heavy (non-hydrogen) atoms. The molecule has 0 amide bonds. The Morgan fingerprint density at radius 2 is 1.11 bits per heavy atom. The van der Waals surface area contributed by atoms with Gasteiger partial charge in [0.2, 0.25) is 0 Å². The molecule has 94 valence electrons. The molecule has 0 aromatic heterocycles. The molecular weight excluding hydrogens is 220 g/mol. The number of benzene rings is 2. The molecule has 2 aromatic carbocycles. The molecule has 0 aliphatic carbocycles.